The van der Waals surface area contributed by atoms with Crippen LogP contribution < -0.4 is 10.1 Å². The van der Waals surface area contributed by atoms with E-state index in [1.165, 1.54) is 0 Å². The average molecular weight is 421 g/mol. The van der Waals surface area contributed by atoms with Crippen molar-refractivity contribution in [3.05, 3.63) is 63.8 Å². The van der Waals surface area contributed by atoms with E-state index >= 15 is 0 Å². The van der Waals surface area contributed by atoms with Gasteiger partial charge in [0.2, 0.25) is 0 Å². The lowest BCUT2D eigenvalue weighted by Gasteiger charge is -2.19. The molecule has 0 aliphatic rings. The standard InChI is InChI=1S/C21H22Cl2N2O3/c1-12(2)28-20-14(7-15(22)9-17(20)23)11-25-19(21(26)27)8-13-10-24-18-6-4-3-5-16(13)18/h3-7,9-10,12,19,24-25H,8,11H2,1-2H3,(H,26,27)/t19-/m1/s1. The lowest BCUT2D eigenvalue weighted by atomic mass is 10.0. The molecule has 0 saturated heterocycles. The van der Waals surface area contributed by atoms with E-state index in [1.807, 2.05) is 44.3 Å². The molecule has 0 bridgehead atoms. The van der Waals surface area contributed by atoms with E-state index in [-0.39, 0.29) is 12.6 Å². The summed E-state index contributed by atoms with van der Waals surface area (Å²) in [6, 6.07) is 10.4. The smallest absolute Gasteiger partial charge is 0.321 e. The number of carboxylic acid groups (broad SMARTS) is 1. The minimum atomic E-state index is -0.926. The third kappa shape index (κ3) is 4.79. The Hall–Kier alpha value is -2.21. The number of hydrogen-bond donors (Lipinski definition) is 3. The number of nitrogens with one attached hydrogen (secondary N) is 2. The summed E-state index contributed by atoms with van der Waals surface area (Å²) in [5, 5.41) is 14.7. The summed E-state index contributed by atoms with van der Waals surface area (Å²) < 4.78 is 5.80. The van der Waals surface area contributed by atoms with Gasteiger partial charge in [-0.05, 0) is 37.6 Å². The van der Waals surface area contributed by atoms with E-state index in [0.29, 0.717) is 22.2 Å². The zero-order chi connectivity index (χ0) is 20.3. The molecule has 0 aliphatic carbocycles. The Morgan fingerprint density at radius 2 is 1.96 bits per heavy atom. The van der Waals surface area contributed by atoms with E-state index in [1.54, 1.807) is 12.1 Å². The number of benzene rings is 2. The van der Waals surface area contributed by atoms with Crippen molar-refractivity contribution >= 4 is 40.1 Å². The van der Waals surface area contributed by atoms with Crippen LogP contribution in [0.15, 0.2) is 42.6 Å². The van der Waals surface area contributed by atoms with Crippen LogP contribution in [-0.4, -0.2) is 28.2 Å². The normalized spacial score (nSPS) is 12.5. The molecule has 3 rings (SSSR count). The first-order valence-electron chi connectivity index (χ1n) is 9.01. The van der Waals surface area contributed by atoms with Crippen LogP contribution in [0.5, 0.6) is 5.75 Å². The number of rotatable bonds is 8. The molecule has 0 radical (unpaired) electrons. The first-order chi connectivity index (χ1) is 13.3. The van der Waals surface area contributed by atoms with Crippen LogP contribution in [-0.2, 0) is 17.8 Å². The van der Waals surface area contributed by atoms with Gasteiger partial charge in [-0.15, -0.1) is 0 Å². The van der Waals surface area contributed by atoms with Gasteiger partial charge in [-0.2, -0.15) is 0 Å². The molecule has 0 amide bonds. The van der Waals surface area contributed by atoms with Crippen molar-refractivity contribution in [1.29, 1.82) is 0 Å². The molecule has 3 aromatic rings. The molecular formula is C21H22Cl2N2O3. The molecule has 2 aromatic carbocycles. The van der Waals surface area contributed by atoms with E-state index in [4.69, 9.17) is 27.9 Å². The second-order valence-corrected chi connectivity index (χ2v) is 7.72. The van der Waals surface area contributed by atoms with Crippen molar-refractivity contribution < 1.29 is 14.6 Å². The maximum absolute atomic E-state index is 11.8. The summed E-state index contributed by atoms with van der Waals surface area (Å²) in [4.78, 5) is 15.0. The summed E-state index contributed by atoms with van der Waals surface area (Å²) in [7, 11) is 0. The van der Waals surface area contributed by atoms with Crippen LogP contribution in [0.4, 0.5) is 0 Å². The van der Waals surface area contributed by atoms with E-state index in [0.717, 1.165) is 22.0 Å². The number of fused-ring (bicyclic) bond motifs is 1. The lowest BCUT2D eigenvalue weighted by molar-refractivity contribution is -0.139. The number of aliphatic carboxylic acids is 1. The Labute approximate surface area is 173 Å². The zero-order valence-electron chi connectivity index (χ0n) is 15.6. The molecule has 0 aliphatic heterocycles. The molecule has 148 valence electrons. The quantitative estimate of drug-likeness (QED) is 0.476. The van der Waals surface area contributed by atoms with Crippen molar-refractivity contribution in [2.75, 3.05) is 0 Å². The predicted molar refractivity (Wildman–Crippen MR) is 112 cm³/mol. The van der Waals surface area contributed by atoms with Crippen molar-refractivity contribution in [2.45, 2.75) is 39.0 Å². The number of hydrogen-bond acceptors (Lipinski definition) is 3. The minimum Gasteiger partial charge on any atom is -0.489 e. The maximum Gasteiger partial charge on any atom is 0.321 e. The number of ether oxygens (including phenoxy) is 1. The van der Waals surface area contributed by atoms with Crippen molar-refractivity contribution in [1.82, 2.24) is 10.3 Å². The summed E-state index contributed by atoms with van der Waals surface area (Å²) in [5.41, 5.74) is 2.64. The highest BCUT2D eigenvalue weighted by atomic mass is 35.5. The molecule has 5 nitrogen and oxygen atoms in total. The fraction of sp³-hybridized carbons (Fsp3) is 0.286. The second-order valence-electron chi connectivity index (χ2n) is 6.88. The van der Waals surface area contributed by atoms with Crippen molar-refractivity contribution in [3.8, 4) is 5.75 Å². The molecule has 1 atom stereocenters. The highest BCUT2D eigenvalue weighted by Crippen LogP contribution is 2.33. The van der Waals surface area contributed by atoms with Crippen LogP contribution in [0.3, 0.4) is 0 Å². The highest BCUT2D eigenvalue weighted by molar-refractivity contribution is 6.35. The first kappa shape index (κ1) is 20.5. The van der Waals surface area contributed by atoms with Crippen LogP contribution in [0.1, 0.15) is 25.0 Å². The monoisotopic (exact) mass is 420 g/mol. The molecule has 0 saturated carbocycles. The highest BCUT2D eigenvalue weighted by Gasteiger charge is 2.21. The molecular weight excluding hydrogens is 399 g/mol. The molecule has 0 spiro atoms. The molecule has 0 unspecified atom stereocenters. The summed E-state index contributed by atoms with van der Waals surface area (Å²) in [6.07, 6.45) is 2.12. The van der Waals surface area contributed by atoms with E-state index in [2.05, 4.69) is 10.3 Å². The van der Waals surface area contributed by atoms with Gasteiger partial charge in [-0.1, -0.05) is 41.4 Å². The van der Waals surface area contributed by atoms with Gasteiger partial charge in [0.25, 0.3) is 0 Å². The molecule has 0 fully saturated rings. The average Bonchev–Trinajstić information content (AvgIpc) is 3.03. The summed E-state index contributed by atoms with van der Waals surface area (Å²) in [5.74, 6) is -0.408. The van der Waals surface area contributed by atoms with Crippen molar-refractivity contribution in [2.24, 2.45) is 0 Å². The molecule has 3 N–H and O–H groups in total. The van der Waals surface area contributed by atoms with Crippen LogP contribution in [0.2, 0.25) is 10.0 Å². The van der Waals surface area contributed by atoms with Gasteiger partial charge in [0, 0.05) is 40.7 Å². The SMILES string of the molecule is CC(C)Oc1c(Cl)cc(Cl)cc1CN[C@H](Cc1c[nH]c2ccccc12)C(=O)O. The Morgan fingerprint density at radius 1 is 1.21 bits per heavy atom. The molecule has 1 heterocycles. The Balaban J connectivity index is 1.80. The zero-order valence-corrected chi connectivity index (χ0v) is 17.1. The molecule has 28 heavy (non-hydrogen) atoms. The Kier molecular flexibility index (Phi) is 6.50. The number of carbonyl (C=O) groups is 1. The fourth-order valence-corrected chi connectivity index (χ4v) is 3.69. The van der Waals surface area contributed by atoms with Crippen LogP contribution in [0.25, 0.3) is 10.9 Å². The van der Waals surface area contributed by atoms with Gasteiger partial charge >= 0.3 is 5.97 Å². The number of aromatic nitrogens is 1. The van der Waals surface area contributed by atoms with Gasteiger partial charge in [-0.25, -0.2) is 0 Å². The van der Waals surface area contributed by atoms with Crippen molar-refractivity contribution in [3.63, 3.8) is 0 Å². The summed E-state index contributed by atoms with van der Waals surface area (Å²) >= 11 is 12.4. The topological polar surface area (TPSA) is 74.3 Å². The number of carboxylic acids is 1. The number of H-pyrrole nitrogens is 1. The van der Waals surface area contributed by atoms with Gasteiger partial charge in [0.05, 0.1) is 11.1 Å². The lowest BCUT2D eigenvalue weighted by Crippen LogP contribution is -2.38. The first-order valence-corrected chi connectivity index (χ1v) is 9.76. The Morgan fingerprint density at radius 3 is 2.68 bits per heavy atom. The number of para-hydroxylation sites is 1. The fourth-order valence-electron chi connectivity index (χ4n) is 3.11. The molecule has 1 aromatic heterocycles. The van der Waals surface area contributed by atoms with Gasteiger partial charge in [0.1, 0.15) is 11.8 Å². The number of halogens is 2. The minimum absolute atomic E-state index is 0.0704. The van der Waals surface area contributed by atoms with Gasteiger partial charge < -0.3 is 14.8 Å². The third-order valence-corrected chi connectivity index (χ3v) is 4.87. The molecule has 7 heteroatoms. The summed E-state index contributed by atoms with van der Waals surface area (Å²) in [6.45, 7) is 4.07. The van der Waals surface area contributed by atoms with Crippen LogP contribution >= 0.6 is 23.2 Å². The van der Waals surface area contributed by atoms with Crippen LogP contribution in [0, 0.1) is 0 Å². The Bertz CT molecular complexity index is 985. The van der Waals surface area contributed by atoms with Gasteiger partial charge in [-0.3, -0.25) is 10.1 Å². The second kappa shape index (κ2) is 8.86. The van der Waals surface area contributed by atoms with E-state index < -0.39 is 12.0 Å². The van der Waals surface area contributed by atoms with E-state index in [9.17, 15) is 9.90 Å². The largest absolute Gasteiger partial charge is 0.489 e. The maximum atomic E-state index is 11.8. The number of aromatic amines is 1. The predicted octanol–water partition coefficient (Wildman–Crippen LogP) is 5.05. The van der Waals surface area contributed by atoms with Gasteiger partial charge in [0.15, 0.2) is 0 Å². The third-order valence-electron chi connectivity index (χ3n) is 4.37.